The first kappa shape index (κ1) is 14.0. The van der Waals surface area contributed by atoms with Crippen LogP contribution in [0.1, 0.15) is 22.5 Å². The summed E-state index contributed by atoms with van der Waals surface area (Å²) < 4.78 is 0. The fourth-order valence-electron chi connectivity index (χ4n) is 2.16. The molecule has 2 rings (SSSR count). The van der Waals surface area contributed by atoms with Crippen LogP contribution >= 0.6 is 23.6 Å². The highest BCUT2D eigenvalue weighted by Gasteiger charge is 2.14. The molecule has 2 heterocycles. The van der Waals surface area contributed by atoms with Crippen LogP contribution in [0.4, 0.5) is 5.69 Å². The van der Waals surface area contributed by atoms with Crippen molar-refractivity contribution in [2.24, 2.45) is 5.73 Å². The van der Waals surface area contributed by atoms with Crippen LogP contribution in [0.3, 0.4) is 0 Å². The third kappa shape index (κ3) is 3.11. The van der Waals surface area contributed by atoms with Gasteiger partial charge < -0.3 is 10.6 Å². The van der Waals surface area contributed by atoms with Crippen LogP contribution in [0.15, 0.2) is 22.9 Å². The fraction of sp³-hybridized carbons (Fsp3) is 0.286. The summed E-state index contributed by atoms with van der Waals surface area (Å²) in [5, 5.41) is 4.23. The Hall–Kier alpha value is -1.46. The molecule has 0 bridgehead atoms. The molecule has 5 heteroatoms. The Bertz CT molecular complexity index is 591. The normalized spacial score (nSPS) is 10.5. The van der Waals surface area contributed by atoms with Gasteiger partial charge in [0.1, 0.15) is 4.99 Å². The number of aromatic nitrogens is 1. The standard InChI is InChI=1S/C14H17N3S2/c1-9-6-12(13(14(15)18)10(2)16-9)17(3)7-11-4-5-19-8-11/h4-6,8H,7H2,1-3H3,(H2,15,18). The van der Waals surface area contributed by atoms with Gasteiger partial charge in [-0.1, -0.05) is 12.2 Å². The number of aryl methyl sites for hydroxylation is 2. The van der Waals surface area contributed by atoms with Gasteiger partial charge in [-0.15, -0.1) is 0 Å². The van der Waals surface area contributed by atoms with E-state index in [-0.39, 0.29) is 0 Å². The summed E-state index contributed by atoms with van der Waals surface area (Å²) in [4.78, 5) is 7.01. The second kappa shape index (κ2) is 5.67. The number of anilines is 1. The number of rotatable bonds is 4. The van der Waals surface area contributed by atoms with Crippen molar-refractivity contribution in [3.05, 3.63) is 45.4 Å². The minimum Gasteiger partial charge on any atom is -0.389 e. The second-order valence-electron chi connectivity index (χ2n) is 4.60. The highest BCUT2D eigenvalue weighted by Crippen LogP contribution is 2.24. The molecule has 0 aliphatic carbocycles. The molecule has 0 radical (unpaired) electrons. The Morgan fingerprint density at radius 1 is 1.47 bits per heavy atom. The predicted octanol–water partition coefficient (Wildman–Crippen LogP) is 3.03. The van der Waals surface area contributed by atoms with E-state index in [9.17, 15) is 0 Å². The number of nitrogens with two attached hydrogens (primary N) is 1. The highest BCUT2D eigenvalue weighted by atomic mass is 32.1. The number of thiocarbonyl (C=S) groups is 1. The maximum absolute atomic E-state index is 5.84. The molecule has 2 aromatic rings. The van der Waals surface area contributed by atoms with Crippen molar-refractivity contribution in [2.45, 2.75) is 20.4 Å². The molecule has 0 atom stereocenters. The lowest BCUT2D eigenvalue weighted by Crippen LogP contribution is -2.23. The number of thiophene rings is 1. The van der Waals surface area contributed by atoms with E-state index in [2.05, 4.69) is 26.7 Å². The Labute approximate surface area is 123 Å². The number of hydrogen-bond donors (Lipinski definition) is 1. The van der Waals surface area contributed by atoms with Gasteiger partial charge in [0.2, 0.25) is 0 Å². The molecule has 0 saturated carbocycles. The third-order valence-corrected chi connectivity index (χ3v) is 3.90. The van der Waals surface area contributed by atoms with Gasteiger partial charge in [0, 0.05) is 25.0 Å². The Kier molecular flexibility index (Phi) is 4.17. The average Bonchev–Trinajstić information content (AvgIpc) is 2.79. The number of pyridine rings is 1. The topological polar surface area (TPSA) is 42.1 Å². The zero-order chi connectivity index (χ0) is 14.0. The van der Waals surface area contributed by atoms with Crippen molar-refractivity contribution < 1.29 is 0 Å². The molecule has 0 aliphatic heterocycles. The van der Waals surface area contributed by atoms with Gasteiger partial charge in [0.05, 0.1) is 11.3 Å². The SMILES string of the molecule is Cc1cc(N(C)Cc2ccsc2)c(C(N)=S)c(C)n1. The van der Waals surface area contributed by atoms with Crippen molar-refractivity contribution in [1.29, 1.82) is 0 Å². The fourth-order valence-corrected chi connectivity index (χ4v) is 3.07. The van der Waals surface area contributed by atoms with Crippen LogP contribution in [-0.4, -0.2) is 17.0 Å². The summed E-state index contributed by atoms with van der Waals surface area (Å²) in [5.74, 6) is 0. The van der Waals surface area contributed by atoms with E-state index in [1.54, 1.807) is 11.3 Å². The number of nitrogens with zero attached hydrogens (tertiary/aromatic N) is 2. The first-order valence-corrected chi connectivity index (χ1v) is 7.34. The third-order valence-electron chi connectivity index (χ3n) is 2.97. The minimum absolute atomic E-state index is 0.400. The highest BCUT2D eigenvalue weighted by molar-refractivity contribution is 7.80. The van der Waals surface area contributed by atoms with E-state index in [0.717, 1.165) is 29.2 Å². The summed E-state index contributed by atoms with van der Waals surface area (Å²) in [6.45, 7) is 4.77. The van der Waals surface area contributed by atoms with Crippen molar-refractivity contribution in [2.75, 3.05) is 11.9 Å². The maximum atomic E-state index is 5.84. The van der Waals surface area contributed by atoms with Crippen LogP contribution in [0.5, 0.6) is 0 Å². The van der Waals surface area contributed by atoms with Crippen molar-refractivity contribution >= 4 is 34.2 Å². The largest absolute Gasteiger partial charge is 0.389 e. The molecule has 0 unspecified atom stereocenters. The van der Waals surface area contributed by atoms with E-state index in [1.165, 1.54) is 5.56 Å². The van der Waals surface area contributed by atoms with Gasteiger partial charge in [-0.05, 0) is 42.3 Å². The smallest absolute Gasteiger partial charge is 0.107 e. The van der Waals surface area contributed by atoms with Crippen molar-refractivity contribution in [3.8, 4) is 0 Å². The van der Waals surface area contributed by atoms with E-state index in [1.807, 2.05) is 27.0 Å². The van der Waals surface area contributed by atoms with Crippen molar-refractivity contribution in [3.63, 3.8) is 0 Å². The van der Waals surface area contributed by atoms with E-state index >= 15 is 0 Å². The minimum atomic E-state index is 0.400. The molecule has 0 spiro atoms. The molecule has 2 N–H and O–H groups in total. The summed E-state index contributed by atoms with van der Waals surface area (Å²) in [7, 11) is 2.05. The predicted molar refractivity (Wildman–Crippen MR) is 86.0 cm³/mol. The molecule has 3 nitrogen and oxygen atoms in total. The van der Waals surface area contributed by atoms with Crippen LogP contribution in [-0.2, 0) is 6.54 Å². The average molecular weight is 291 g/mol. The van der Waals surface area contributed by atoms with Gasteiger partial charge in [-0.25, -0.2) is 0 Å². The Morgan fingerprint density at radius 3 is 2.79 bits per heavy atom. The van der Waals surface area contributed by atoms with Gasteiger partial charge >= 0.3 is 0 Å². The lowest BCUT2D eigenvalue weighted by molar-refractivity contribution is 0.916. The molecule has 0 aliphatic rings. The second-order valence-corrected chi connectivity index (χ2v) is 5.81. The lowest BCUT2D eigenvalue weighted by Gasteiger charge is -2.23. The van der Waals surface area contributed by atoms with E-state index in [4.69, 9.17) is 18.0 Å². The van der Waals surface area contributed by atoms with Gasteiger partial charge in [-0.2, -0.15) is 11.3 Å². The van der Waals surface area contributed by atoms with Crippen LogP contribution in [0.25, 0.3) is 0 Å². The van der Waals surface area contributed by atoms with Crippen LogP contribution in [0, 0.1) is 13.8 Å². The number of hydrogen-bond acceptors (Lipinski definition) is 4. The zero-order valence-electron chi connectivity index (χ0n) is 11.3. The molecule has 0 amide bonds. The van der Waals surface area contributed by atoms with Gasteiger partial charge in [0.15, 0.2) is 0 Å². The van der Waals surface area contributed by atoms with Crippen LogP contribution < -0.4 is 10.6 Å². The lowest BCUT2D eigenvalue weighted by atomic mass is 10.1. The summed E-state index contributed by atoms with van der Waals surface area (Å²) in [6, 6.07) is 4.16. The molecule has 0 aromatic carbocycles. The monoisotopic (exact) mass is 291 g/mol. The van der Waals surface area contributed by atoms with Crippen molar-refractivity contribution in [1.82, 2.24) is 4.98 Å². The molecule has 0 saturated heterocycles. The molecular weight excluding hydrogens is 274 g/mol. The molecular formula is C14H17N3S2. The van der Waals surface area contributed by atoms with E-state index in [0.29, 0.717) is 4.99 Å². The van der Waals surface area contributed by atoms with Crippen LogP contribution in [0.2, 0.25) is 0 Å². The summed E-state index contributed by atoms with van der Waals surface area (Å²) in [6.07, 6.45) is 0. The first-order valence-electron chi connectivity index (χ1n) is 5.99. The summed E-state index contributed by atoms with van der Waals surface area (Å²) >= 11 is 6.86. The Morgan fingerprint density at radius 2 is 2.21 bits per heavy atom. The van der Waals surface area contributed by atoms with E-state index < -0.39 is 0 Å². The molecule has 19 heavy (non-hydrogen) atoms. The molecule has 100 valence electrons. The van der Waals surface area contributed by atoms with Gasteiger partial charge in [-0.3, -0.25) is 4.98 Å². The summed E-state index contributed by atoms with van der Waals surface area (Å²) in [5.41, 5.74) is 10.9. The molecule has 0 fully saturated rings. The molecule has 2 aromatic heterocycles. The quantitative estimate of drug-likeness (QED) is 0.879. The first-order chi connectivity index (χ1) is 8.99. The van der Waals surface area contributed by atoms with Gasteiger partial charge in [0.25, 0.3) is 0 Å². The maximum Gasteiger partial charge on any atom is 0.107 e. The Balaban J connectivity index is 2.40. The zero-order valence-corrected chi connectivity index (χ0v) is 12.9.